The van der Waals surface area contributed by atoms with Gasteiger partial charge in [0.1, 0.15) is 0 Å². The van der Waals surface area contributed by atoms with E-state index in [-0.39, 0.29) is 6.03 Å². The molecule has 1 fully saturated rings. The Morgan fingerprint density at radius 1 is 1.21 bits per heavy atom. The lowest BCUT2D eigenvalue weighted by atomic mass is 10.1. The van der Waals surface area contributed by atoms with E-state index in [0.29, 0.717) is 12.5 Å². The predicted molar refractivity (Wildman–Crippen MR) is 96.0 cm³/mol. The first-order valence-corrected chi connectivity index (χ1v) is 9.09. The fourth-order valence-corrected chi connectivity index (χ4v) is 3.01. The Morgan fingerprint density at radius 2 is 1.96 bits per heavy atom. The Hall–Kier alpha value is -1.60. The second kappa shape index (κ2) is 10.3. The van der Waals surface area contributed by atoms with E-state index in [1.807, 2.05) is 10.8 Å². The van der Waals surface area contributed by atoms with E-state index in [4.69, 9.17) is 0 Å². The molecule has 1 aromatic rings. The van der Waals surface area contributed by atoms with Gasteiger partial charge in [-0.3, -0.25) is 0 Å². The maximum absolute atomic E-state index is 11.8. The zero-order valence-corrected chi connectivity index (χ0v) is 15.1. The van der Waals surface area contributed by atoms with Crippen LogP contribution in [0.4, 0.5) is 4.79 Å². The van der Waals surface area contributed by atoms with Crippen molar-refractivity contribution in [3.05, 3.63) is 18.7 Å². The number of nitrogens with one attached hydrogen (secondary N) is 2. The smallest absolute Gasteiger partial charge is 0.314 e. The highest BCUT2D eigenvalue weighted by Crippen LogP contribution is 2.05. The molecule has 1 saturated heterocycles. The third kappa shape index (κ3) is 6.88. The third-order valence-electron chi connectivity index (χ3n) is 4.53. The summed E-state index contributed by atoms with van der Waals surface area (Å²) in [6.07, 6.45) is 6.40. The van der Waals surface area contributed by atoms with E-state index in [1.54, 1.807) is 12.5 Å². The van der Waals surface area contributed by atoms with Crippen LogP contribution >= 0.6 is 0 Å². The Kier molecular flexibility index (Phi) is 8.04. The highest BCUT2D eigenvalue weighted by atomic mass is 16.2. The van der Waals surface area contributed by atoms with Crippen molar-refractivity contribution in [1.82, 2.24) is 30.0 Å². The molecular weight excluding hydrogens is 304 g/mol. The number of aryl methyl sites for hydroxylation is 1. The van der Waals surface area contributed by atoms with Crippen LogP contribution in [-0.4, -0.2) is 77.7 Å². The number of carbonyl (C=O) groups excluding carboxylic acids is 1. The number of imidazole rings is 1. The largest absolute Gasteiger partial charge is 0.338 e. The molecule has 7 heteroatoms. The van der Waals surface area contributed by atoms with Crippen molar-refractivity contribution in [2.45, 2.75) is 26.8 Å². The second-order valence-electron chi connectivity index (χ2n) is 6.63. The molecule has 24 heavy (non-hydrogen) atoms. The number of hydrogen-bond acceptors (Lipinski definition) is 4. The monoisotopic (exact) mass is 336 g/mol. The van der Waals surface area contributed by atoms with Crippen LogP contribution in [0.25, 0.3) is 0 Å². The molecule has 1 aliphatic rings. The van der Waals surface area contributed by atoms with Crippen molar-refractivity contribution in [2.75, 3.05) is 52.4 Å². The number of rotatable bonds is 9. The number of urea groups is 1. The number of nitrogens with zero attached hydrogens (tertiary/aromatic N) is 4. The molecule has 0 spiro atoms. The van der Waals surface area contributed by atoms with Gasteiger partial charge in [-0.25, -0.2) is 9.78 Å². The molecule has 0 aromatic carbocycles. The molecule has 1 atom stereocenters. The number of piperazine rings is 1. The van der Waals surface area contributed by atoms with E-state index in [2.05, 4.69) is 39.3 Å². The molecule has 7 nitrogen and oxygen atoms in total. The van der Waals surface area contributed by atoms with Gasteiger partial charge in [0.2, 0.25) is 0 Å². The number of carbonyl (C=O) groups is 1. The minimum Gasteiger partial charge on any atom is -0.338 e. The van der Waals surface area contributed by atoms with Crippen LogP contribution in [0, 0.1) is 5.92 Å². The summed E-state index contributed by atoms with van der Waals surface area (Å²) in [4.78, 5) is 20.8. The molecule has 2 N–H and O–H groups in total. The highest BCUT2D eigenvalue weighted by molar-refractivity contribution is 5.73. The number of amides is 2. The van der Waals surface area contributed by atoms with Crippen LogP contribution in [0.2, 0.25) is 0 Å². The van der Waals surface area contributed by atoms with Crippen LogP contribution in [0.1, 0.15) is 20.3 Å². The average Bonchev–Trinajstić information content (AvgIpc) is 3.11. The molecule has 0 saturated carbocycles. The van der Waals surface area contributed by atoms with Gasteiger partial charge in [-0.2, -0.15) is 0 Å². The SMILES string of the molecule is CCN1CCN(CC(C)CNC(=O)NCCCn2ccnc2)CC1. The Bertz CT molecular complexity index is 456. The maximum atomic E-state index is 11.8. The third-order valence-corrected chi connectivity index (χ3v) is 4.53. The van der Waals surface area contributed by atoms with Gasteiger partial charge < -0.3 is 25.0 Å². The summed E-state index contributed by atoms with van der Waals surface area (Å²) in [6.45, 7) is 13.5. The maximum Gasteiger partial charge on any atom is 0.314 e. The van der Waals surface area contributed by atoms with Crippen LogP contribution < -0.4 is 10.6 Å². The van der Waals surface area contributed by atoms with E-state index < -0.39 is 0 Å². The Balaban J connectivity index is 1.50. The summed E-state index contributed by atoms with van der Waals surface area (Å²) in [7, 11) is 0. The van der Waals surface area contributed by atoms with Crippen LogP contribution in [0.15, 0.2) is 18.7 Å². The first-order valence-electron chi connectivity index (χ1n) is 9.09. The van der Waals surface area contributed by atoms with E-state index in [1.165, 1.54) is 0 Å². The fraction of sp³-hybridized carbons (Fsp3) is 0.765. The second-order valence-corrected chi connectivity index (χ2v) is 6.63. The average molecular weight is 336 g/mol. The minimum absolute atomic E-state index is 0.0664. The summed E-state index contributed by atoms with van der Waals surface area (Å²) in [5.74, 6) is 0.467. The first-order chi connectivity index (χ1) is 11.7. The van der Waals surface area contributed by atoms with Gasteiger partial charge in [-0.05, 0) is 18.9 Å². The molecular formula is C17H32N6O. The first kappa shape index (κ1) is 18.7. The topological polar surface area (TPSA) is 65.4 Å². The van der Waals surface area contributed by atoms with Gasteiger partial charge in [0, 0.05) is 64.8 Å². The van der Waals surface area contributed by atoms with Gasteiger partial charge >= 0.3 is 6.03 Å². The molecule has 0 bridgehead atoms. The van der Waals surface area contributed by atoms with Gasteiger partial charge in [0.15, 0.2) is 0 Å². The summed E-state index contributed by atoms with van der Waals surface area (Å²) < 4.78 is 2.01. The van der Waals surface area contributed by atoms with Gasteiger partial charge in [-0.15, -0.1) is 0 Å². The summed E-state index contributed by atoms with van der Waals surface area (Å²) in [5, 5.41) is 5.89. The summed E-state index contributed by atoms with van der Waals surface area (Å²) >= 11 is 0. The molecule has 0 radical (unpaired) electrons. The van der Waals surface area contributed by atoms with Crippen LogP contribution in [-0.2, 0) is 6.54 Å². The molecule has 0 aliphatic carbocycles. The van der Waals surface area contributed by atoms with Gasteiger partial charge in [0.25, 0.3) is 0 Å². The summed E-state index contributed by atoms with van der Waals surface area (Å²) in [6, 6.07) is -0.0664. The van der Waals surface area contributed by atoms with Crippen molar-refractivity contribution < 1.29 is 4.79 Å². The lowest BCUT2D eigenvalue weighted by Crippen LogP contribution is -2.48. The van der Waals surface area contributed by atoms with Crippen molar-refractivity contribution in [3.8, 4) is 0 Å². The fourth-order valence-electron chi connectivity index (χ4n) is 3.01. The Labute approximate surface area is 145 Å². The zero-order valence-electron chi connectivity index (χ0n) is 15.1. The van der Waals surface area contributed by atoms with Gasteiger partial charge in [0.05, 0.1) is 6.33 Å². The molecule has 2 rings (SSSR count). The lowest BCUT2D eigenvalue weighted by molar-refractivity contribution is 0.124. The van der Waals surface area contributed by atoms with E-state index in [9.17, 15) is 4.79 Å². The van der Waals surface area contributed by atoms with E-state index >= 15 is 0 Å². The quantitative estimate of drug-likeness (QED) is 0.656. The standard InChI is InChI=1S/C17H32N6O/c1-3-21-9-11-22(12-10-21)14-16(2)13-20-17(24)19-5-4-7-23-8-6-18-15-23/h6,8,15-16H,3-5,7,9-14H2,1-2H3,(H2,19,20,24). The van der Waals surface area contributed by atoms with Crippen molar-refractivity contribution in [2.24, 2.45) is 5.92 Å². The molecule has 2 heterocycles. The van der Waals surface area contributed by atoms with Crippen molar-refractivity contribution >= 4 is 6.03 Å². The lowest BCUT2D eigenvalue weighted by Gasteiger charge is -2.35. The van der Waals surface area contributed by atoms with Crippen molar-refractivity contribution in [3.63, 3.8) is 0 Å². The molecule has 136 valence electrons. The highest BCUT2D eigenvalue weighted by Gasteiger charge is 2.17. The number of likely N-dealkylation sites (N-methyl/N-ethyl adjacent to an activating group) is 1. The predicted octanol–water partition coefficient (Wildman–Crippen LogP) is 0.846. The van der Waals surface area contributed by atoms with Crippen LogP contribution in [0.5, 0.6) is 0 Å². The normalized spacial score (nSPS) is 17.6. The van der Waals surface area contributed by atoms with Crippen LogP contribution in [0.3, 0.4) is 0 Å². The molecule has 1 aromatic heterocycles. The Morgan fingerprint density at radius 3 is 2.62 bits per heavy atom. The minimum atomic E-state index is -0.0664. The van der Waals surface area contributed by atoms with Gasteiger partial charge in [-0.1, -0.05) is 13.8 Å². The molecule has 2 amide bonds. The van der Waals surface area contributed by atoms with E-state index in [0.717, 1.165) is 58.8 Å². The van der Waals surface area contributed by atoms with Crippen molar-refractivity contribution in [1.29, 1.82) is 0 Å². The molecule has 1 unspecified atom stereocenters. The molecule has 1 aliphatic heterocycles. The summed E-state index contributed by atoms with van der Waals surface area (Å²) in [5.41, 5.74) is 0. The zero-order chi connectivity index (χ0) is 17.2. The number of hydrogen-bond donors (Lipinski definition) is 2. The number of aromatic nitrogens is 2.